The Bertz CT molecular complexity index is 891. The van der Waals surface area contributed by atoms with Crippen molar-refractivity contribution in [3.8, 4) is 0 Å². The van der Waals surface area contributed by atoms with Gasteiger partial charge in [-0.1, -0.05) is 12.1 Å². The van der Waals surface area contributed by atoms with Crippen LogP contribution in [0.4, 0.5) is 0 Å². The van der Waals surface area contributed by atoms with Crippen molar-refractivity contribution in [1.82, 2.24) is 14.8 Å². The van der Waals surface area contributed by atoms with Crippen molar-refractivity contribution in [2.45, 2.75) is 58.2 Å². The molecule has 1 atom stereocenters. The number of amides is 1. The molecular weight excluding hydrogens is 402 g/mol. The van der Waals surface area contributed by atoms with Gasteiger partial charge >= 0.3 is 0 Å². The van der Waals surface area contributed by atoms with Crippen LogP contribution in [0.15, 0.2) is 35.3 Å². The molecular formula is C23H34ClN3O3. The van der Waals surface area contributed by atoms with E-state index in [2.05, 4.69) is 9.88 Å². The first-order chi connectivity index (χ1) is 14.0. The third-order valence-electron chi connectivity index (χ3n) is 5.67. The topological polar surface area (TPSA) is 63.6 Å². The first kappa shape index (κ1) is 24.4. The number of aromatic nitrogens is 1. The van der Waals surface area contributed by atoms with Crippen LogP contribution in [0.1, 0.15) is 49.9 Å². The van der Waals surface area contributed by atoms with Gasteiger partial charge in [0, 0.05) is 50.5 Å². The van der Waals surface area contributed by atoms with E-state index < -0.39 is 0 Å². The van der Waals surface area contributed by atoms with Gasteiger partial charge in [-0.05, 0) is 58.2 Å². The summed E-state index contributed by atoms with van der Waals surface area (Å²) in [6.45, 7) is 7.27. The van der Waals surface area contributed by atoms with Crippen LogP contribution in [0, 0.1) is 0 Å². The Kier molecular flexibility index (Phi) is 9.34. The molecule has 2 aromatic rings. The number of benzene rings is 1. The highest BCUT2D eigenvalue weighted by Crippen LogP contribution is 2.19. The molecule has 1 N–H and O–H groups in total. The minimum Gasteiger partial charge on any atom is -0.385 e. The van der Waals surface area contributed by atoms with Gasteiger partial charge < -0.3 is 19.5 Å². The van der Waals surface area contributed by atoms with Crippen LogP contribution in [0.2, 0.25) is 0 Å². The van der Waals surface area contributed by atoms with E-state index in [1.165, 1.54) is 0 Å². The Morgan fingerprint density at radius 1 is 1.30 bits per heavy atom. The Hall–Kier alpha value is -1.89. The van der Waals surface area contributed by atoms with E-state index in [9.17, 15) is 9.59 Å². The minimum atomic E-state index is -0.173. The normalized spacial score (nSPS) is 16.5. The average Bonchev–Trinajstić information content (AvgIpc) is 2.73. The third kappa shape index (κ3) is 5.42. The molecule has 1 saturated heterocycles. The molecule has 0 radical (unpaired) electrons. The molecule has 0 aliphatic carbocycles. The predicted octanol–water partition coefficient (Wildman–Crippen LogP) is 3.45. The highest BCUT2D eigenvalue weighted by atomic mass is 35.5. The molecule has 7 heteroatoms. The Morgan fingerprint density at radius 3 is 2.73 bits per heavy atom. The van der Waals surface area contributed by atoms with Gasteiger partial charge in [0.25, 0.3) is 5.91 Å². The molecule has 1 aromatic carbocycles. The van der Waals surface area contributed by atoms with Gasteiger partial charge in [-0.3, -0.25) is 9.59 Å². The Morgan fingerprint density at radius 2 is 2.07 bits per heavy atom. The Balaban J connectivity index is 0.00000320. The number of unbranched alkanes of at least 4 members (excludes halogenated alkanes) is 1. The second-order valence-electron chi connectivity index (χ2n) is 8.09. The van der Waals surface area contributed by atoms with Crippen LogP contribution in [-0.2, 0) is 11.3 Å². The lowest BCUT2D eigenvalue weighted by atomic mass is 10.0. The number of nitrogens with one attached hydrogen (secondary N) is 1. The molecule has 1 aliphatic rings. The number of fused-ring (bicyclic) bond motifs is 1. The van der Waals surface area contributed by atoms with Gasteiger partial charge in [0.1, 0.15) is 5.56 Å². The quantitative estimate of drug-likeness (QED) is 0.645. The zero-order valence-corrected chi connectivity index (χ0v) is 19.0. The van der Waals surface area contributed by atoms with Gasteiger partial charge in [0.2, 0.25) is 5.43 Å². The summed E-state index contributed by atoms with van der Waals surface area (Å²) in [5, 5.41) is 3.99. The molecule has 30 heavy (non-hydrogen) atoms. The number of carbonyl (C=O) groups excluding carboxylic acids is 1. The number of ether oxygens (including phenoxy) is 1. The van der Waals surface area contributed by atoms with Gasteiger partial charge in [0.05, 0.1) is 5.52 Å². The van der Waals surface area contributed by atoms with Crippen molar-refractivity contribution < 1.29 is 9.53 Å². The lowest BCUT2D eigenvalue weighted by Gasteiger charge is -2.37. The maximum Gasteiger partial charge on any atom is 0.259 e. The largest absolute Gasteiger partial charge is 0.385 e. The number of rotatable bonds is 8. The number of hydrogen-bond donors (Lipinski definition) is 1. The zero-order chi connectivity index (χ0) is 20.8. The number of pyridine rings is 1. The van der Waals surface area contributed by atoms with Gasteiger partial charge in [-0.25, -0.2) is 0 Å². The number of methoxy groups -OCH3 is 1. The fraction of sp³-hybridized carbons (Fsp3) is 0.565. The lowest BCUT2D eigenvalue weighted by molar-refractivity contribution is 0.0571. The third-order valence-corrected chi connectivity index (χ3v) is 5.67. The standard InChI is InChI=1S/C23H33N3O3.ClH/c1-17(2)26(18-9-8-12-24-15-18)23(28)20-16-25(13-6-7-14-29-3)21-11-5-4-10-19(21)22(20)27;/h4-5,10-11,16-18,24H,6-9,12-15H2,1-3H3;1H/t18-;/m1./s1. The molecule has 0 saturated carbocycles. The minimum absolute atomic E-state index is 0. The summed E-state index contributed by atoms with van der Waals surface area (Å²) in [7, 11) is 1.70. The summed E-state index contributed by atoms with van der Waals surface area (Å²) in [4.78, 5) is 28.7. The molecule has 2 heterocycles. The number of carbonyl (C=O) groups is 1. The van der Waals surface area contributed by atoms with Crippen molar-refractivity contribution >= 4 is 29.2 Å². The van der Waals surface area contributed by atoms with E-state index in [0.29, 0.717) is 12.0 Å². The average molecular weight is 436 g/mol. The van der Waals surface area contributed by atoms with Gasteiger partial charge in [-0.15, -0.1) is 12.4 Å². The molecule has 0 unspecified atom stereocenters. The summed E-state index contributed by atoms with van der Waals surface area (Å²) in [6, 6.07) is 7.72. The van der Waals surface area contributed by atoms with Crippen LogP contribution in [0.3, 0.4) is 0 Å². The van der Waals surface area contributed by atoms with Crippen LogP contribution in [-0.4, -0.2) is 54.3 Å². The van der Waals surface area contributed by atoms with E-state index in [0.717, 1.165) is 50.8 Å². The van der Waals surface area contributed by atoms with Crippen LogP contribution < -0.4 is 10.7 Å². The SMILES string of the molecule is COCCCCn1cc(C(=O)N(C(C)C)[C@@H]2CCCNC2)c(=O)c2ccccc21.Cl. The maximum atomic E-state index is 13.5. The summed E-state index contributed by atoms with van der Waals surface area (Å²) in [5.41, 5.74) is 0.977. The number of para-hydroxylation sites is 1. The molecule has 3 rings (SSSR count). The molecule has 0 bridgehead atoms. The molecule has 166 valence electrons. The van der Waals surface area contributed by atoms with Crippen molar-refractivity contribution in [2.24, 2.45) is 0 Å². The summed E-state index contributed by atoms with van der Waals surface area (Å²) < 4.78 is 7.20. The van der Waals surface area contributed by atoms with Crippen LogP contribution in [0.5, 0.6) is 0 Å². The van der Waals surface area contributed by atoms with E-state index in [4.69, 9.17) is 4.74 Å². The predicted molar refractivity (Wildman–Crippen MR) is 124 cm³/mol. The zero-order valence-electron chi connectivity index (χ0n) is 18.2. The monoisotopic (exact) mass is 435 g/mol. The highest BCUT2D eigenvalue weighted by molar-refractivity contribution is 5.97. The second-order valence-corrected chi connectivity index (χ2v) is 8.09. The van der Waals surface area contributed by atoms with E-state index >= 15 is 0 Å². The second kappa shape index (κ2) is 11.5. The van der Waals surface area contributed by atoms with Crippen LogP contribution >= 0.6 is 12.4 Å². The molecule has 6 nitrogen and oxygen atoms in total. The van der Waals surface area contributed by atoms with Gasteiger partial charge in [-0.2, -0.15) is 0 Å². The number of hydrogen-bond acceptors (Lipinski definition) is 4. The lowest BCUT2D eigenvalue weighted by Crippen LogP contribution is -2.52. The van der Waals surface area contributed by atoms with Crippen molar-refractivity contribution in [3.63, 3.8) is 0 Å². The van der Waals surface area contributed by atoms with E-state index in [1.54, 1.807) is 13.3 Å². The summed E-state index contributed by atoms with van der Waals surface area (Å²) in [5.74, 6) is -0.157. The van der Waals surface area contributed by atoms with Crippen molar-refractivity contribution in [2.75, 3.05) is 26.8 Å². The molecule has 1 aliphatic heterocycles. The van der Waals surface area contributed by atoms with Gasteiger partial charge in [0.15, 0.2) is 0 Å². The van der Waals surface area contributed by atoms with E-state index in [1.807, 2.05) is 43.0 Å². The molecule has 1 fully saturated rings. The smallest absolute Gasteiger partial charge is 0.259 e. The van der Waals surface area contributed by atoms with Crippen molar-refractivity contribution in [1.29, 1.82) is 0 Å². The van der Waals surface area contributed by atoms with Crippen LogP contribution in [0.25, 0.3) is 10.9 Å². The first-order valence-electron chi connectivity index (χ1n) is 10.7. The van der Waals surface area contributed by atoms with E-state index in [-0.39, 0.29) is 41.4 Å². The Labute approximate surface area is 185 Å². The van der Waals surface area contributed by atoms with Crippen molar-refractivity contribution in [3.05, 3.63) is 46.2 Å². The first-order valence-corrected chi connectivity index (χ1v) is 10.7. The fourth-order valence-electron chi connectivity index (χ4n) is 4.24. The highest BCUT2D eigenvalue weighted by Gasteiger charge is 2.30. The summed E-state index contributed by atoms with van der Waals surface area (Å²) >= 11 is 0. The number of piperidine rings is 1. The number of halogens is 1. The maximum absolute atomic E-state index is 13.5. The number of nitrogens with zero attached hydrogens (tertiary/aromatic N) is 2. The molecule has 1 aromatic heterocycles. The summed E-state index contributed by atoms with van der Waals surface area (Å²) in [6.07, 6.45) is 5.64. The molecule has 0 spiro atoms. The fourth-order valence-corrected chi connectivity index (χ4v) is 4.24. The number of aryl methyl sites for hydroxylation is 1. The molecule has 1 amide bonds.